The predicted octanol–water partition coefficient (Wildman–Crippen LogP) is 2.06. The van der Waals surface area contributed by atoms with Crippen LogP contribution in [0.15, 0.2) is 17.6 Å². The van der Waals surface area contributed by atoms with Crippen molar-refractivity contribution in [2.45, 2.75) is 32.1 Å². The topological polar surface area (TPSA) is 71.0 Å². The summed E-state index contributed by atoms with van der Waals surface area (Å²) in [4.78, 5) is 7.13. The Hall–Kier alpha value is -0.350. The molecule has 0 aromatic rings. The van der Waals surface area contributed by atoms with Crippen LogP contribution in [0.25, 0.3) is 0 Å². The second kappa shape index (κ2) is 9.73. The van der Waals surface area contributed by atoms with Gasteiger partial charge < -0.3 is 15.0 Å². The highest BCUT2D eigenvalue weighted by Crippen LogP contribution is 2.37. The van der Waals surface area contributed by atoms with E-state index in [2.05, 4.69) is 16.8 Å². The van der Waals surface area contributed by atoms with Crippen molar-refractivity contribution in [3.8, 4) is 0 Å². The number of halogens is 1. The fourth-order valence-electron chi connectivity index (χ4n) is 4.28. The van der Waals surface area contributed by atoms with Gasteiger partial charge in [0.15, 0.2) is 15.8 Å². The summed E-state index contributed by atoms with van der Waals surface area (Å²) in [7, 11) is -2.84. The number of aliphatic imine (C=N–C) groups is 1. The predicted molar refractivity (Wildman–Crippen MR) is 116 cm³/mol. The normalized spacial score (nSPS) is 31.5. The number of nitrogens with one attached hydrogen (secondary N) is 1. The number of nitrogens with zero attached hydrogens (tertiary/aromatic N) is 2. The van der Waals surface area contributed by atoms with Crippen LogP contribution in [0, 0.1) is 11.3 Å². The molecule has 8 heteroatoms. The molecule has 0 radical (unpaired) electrons. The molecule has 150 valence electrons. The van der Waals surface area contributed by atoms with E-state index in [1.165, 1.54) is 12.8 Å². The van der Waals surface area contributed by atoms with E-state index in [-0.39, 0.29) is 41.1 Å². The monoisotopic (exact) mass is 497 g/mol. The highest BCUT2D eigenvalue weighted by atomic mass is 127. The number of sulfone groups is 1. The van der Waals surface area contributed by atoms with Crippen LogP contribution >= 0.6 is 24.0 Å². The molecular formula is C18H32IN3O3S. The first-order valence-electron chi connectivity index (χ1n) is 9.44. The van der Waals surface area contributed by atoms with E-state index in [0.717, 1.165) is 51.5 Å². The molecule has 26 heavy (non-hydrogen) atoms. The second-order valence-electron chi connectivity index (χ2n) is 7.78. The molecule has 2 unspecified atom stereocenters. The molecule has 3 fully saturated rings. The molecule has 0 aromatic heterocycles. The lowest BCUT2D eigenvalue weighted by Gasteiger charge is -2.45. The van der Waals surface area contributed by atoms with E-state index in [4.69, 9.17) is 9.73 Å². The van der Waals surface area contributed by atoms with E-state index in [1.807, 2.05) is 6.08 Å². The van der Waals surface area contributed by atoms with Gasteiger partial charge in [0.25, 0.3) is 0 Å². The van der Waals surface area contributed by atoms with E-state index in [1.54, 1.807) is 0 Å². The quantitative estimate of drug-likeness (QED) is 0.279. The minimum Gasteiger partial charge on any atom is -0.381 e. The molecule has 1 spiro atoms. The molecule has 3 saturated heterocycles. The van der Waals surface area contributed by atoms with Gasteiger partial charge >= 0.3 is 0 Å². The zero-order valence-electron chi connectivity index (χ0n) is 15.5. The number of likely N-dealkylation sites (tertiary alicyclic amines) is 1. The summed E-state index contributed by atoms with van der Waals surface area (Å²) in [5.41, 5.74) is 0.254. The molecular weight excluding hydrogens is 465 g/mol. The molecule has 3 heterocycles. The summed E-state index contributed by atoms with van der Waals surface area (Å²) in [6.07, 6.45) is 7.30. The lowest BCUT2D eigenvalue weighted by atomic mass is 9.76. The van der Waals surface area contributed by atoms with Crippen LogP contribution < -0.4 is 5.32 Å². The molecule has 2 atom stereocenters. The van der Waals surface area contributed by atoms with E-state index >= 15 is 0 Å². The van der Waals surface area contributed by atoms with Crippen molar-refractivity contribution in [3.05, 3.63) is 12.7 Å². The van der Waals surface area contributed by atoms with Gasteiger partial charge in [-0.25, -0.2) is 8.42 Å². The third-order valence-electron chi connectivity index (χ3n) is 5.60. The number of guanidine groups is 1. The van der Waals surface area contributed by atoms with Crippen LogP contribution in [0.1, 0.15) is 32.1 Å². The first kappa shape index (κ1) is 21.9. The lowest BCUT2D eigenvalue weighted by Crippen LogP contribution is -2.53. The molecule has 3 rings (SSSR count). The highest BCUT2D eigenvalue weighted by molar-refractivity contribution is 14.0. The fraction of sp³-hybridized carbons (Fsp3) is 0.833. The largest absolute Gasteiger partial charge is 0.381 e. The van der Waals surface area contributed by atoms with Gasteiger partial charge in [-0.1, -0.05) is 6.08 Å². The number of hydrogen-bond donors (Lipinski definition) is 1. The Morgan fingerprint density at radius 3 is 2.85 bits per heavy atom. The van der Waals surface area contributed by atoms with Crippen LogP contribution in [0.5, 0.6) is 0 Å². The Balaban J connectivity index is 0.00000243. The van der Waals surface area contributed by atoms with E-state index < -0.39 is 9.84 Å². The van der Waals surface area contributed by atoms with Crippen LogP contribution in [0.4, 0.5) is 0 Å². The van der Waals surface area contributed by atoms with Crippen molar-refractivity contribution < 1.29 is 13.2 Å². The van der Waals surface area contributed by atoms with Crippen LogP contribution in [0.2, 0.25) is 0 Å². The minimum absolute atomic E-state index is 0. The van der Waals surface area contributed by atoms with Crippen molar-refractivity contribution in [2.24, 2.45) is 16.3 Å². The van der Waals surface area contributed by atoms with Crippen molar-refractivity contribution >= 4 is 39.8 Å². The van der Waals surface area contributed by atoms with Gasteiger partial charge in [0.2, 0.25) is 0 Å². The molecule has 3 aliphatic rings. The van der Waals surface area contributed by atoms with Gasteiger partial charge in [0.1, 0.15) is 0 Å². The number of hydrogen-bond acceptors (Lipinski definition) is 4. The molecule has 6 nitrogen and oxygen atoms in total. The Kier molecular flexibility index (Phi) is 8.21. The first-order chi connectivity index (χ1) is 12.0. The maximum Gasteiger partial charge on any atom is 0.194 e. The number of piperidine rings is 1. The Bertz CT molecular complexity index is 597. The Labute approximate surface area is 174 Å². The van der Waals surface area contributed by atoms with Gasteiger partial charge in [-0.05, 0) is 38.0 Å². The van der Waals surface area contributed by atoms with Crippen LogP contribution in [0.3, 0.4) is 0 Å². The van der Waals surface area contributed by atoms with Gasteiger partial charge in [-0.15, -0.1) is 30.6 Å². The first-order valence-corrected chi connectivity index (χ1v) is 11.3. The molecule has 1 N–H and O–H groups in total. The zero-order valence-corrected chi connectivity index (χ0v) is 18.6. The minimum atomic E-state index is -2.84. The second-order valence-corrected chi connectivity index (χ2v) is 10.0. The molecule has 3 aliphatic heterocycles. The van der Waals surface area contributed by atoms with Gasteiger partial charge in [0, 0.05) is 38.2 Å². The summed E-state index contributed by atoms with van der Waals surface area (Å²) in [6.45, 7) is 8.73. The molecule has 0 bridgehead atoms. The smallest absolute Gasteiger partial charge is 0.194 e. The standard InChI is InChI=1S/C18H31N3O3S.HI/c1-2-8-19-17(20-12-16-5-11-25(22,23)13-16)21-9-3-6-18(14-21)7-4-10-24-15-18;/h2,16H,1,3-15H2,(H,19,20);1H. The maximum atomic E-state index is 11.7. The highest BCUT2D eigenvalue weighted by Gasteiger charge is 2.38. The summed E-state index contributed by atoms with van der Waals surface area (Å²) < 4.78 is 29.1. The number of ether oxygens (including phenoxy) is 1. The summed E-state index contributed by atoms with van der Waals surface area (Å²) >= 11 is 0. The average Bonchev–Trinajstić information content (AvgIpc) is 2.95. The molecule has 0 aromatic carbocycles. The summed E-state index contributed by atoms with van der Waals surface area (Å²) in [6, 6.07) is 0. The van der Waals surface area contributed by atoms with Gasteiger partial charge in [-0.3, -0.25) is 4.99 Å². The SMILES string of the molecule is C=CCNC(=NCC1CCS(=O)(=O)C1)N1CCCC2(CCCOC2)C1.I. The third-order valence-corrected chi connectivity index (χ3v) is 7.43. The Morgan fingerprint density at radius 2 is 2.19 bits per heavy atom. The molecule has 0 amide bonds. The fourth-order valence-corrected chi connectivity index (χ4v) is 6.13. The van der Waals surface area contributed by atoms with Crippen LogP contribution in [-0.4, -0.2) is 70.2 Å². The third kappa shape index (κ3) is 5.82. The van der Waals surface area contributed by atoms with Crippen molar-refractivity contribution in [1.82, 2.24) is 10.2 Å². The summed E-state index contributed by atoms with van der Waals surface area (Å²) in [5.74, 6) is 1.65. The van der Waals surface area contributed by atoms with Crippen molar-refractivity contribution in [1.29, 1.82) is 0 Å². The summed E-state index contributed by atoms with van der Waals surface area (Å²) in [5, 5.41) is 3.37. The maximum absolute atomic E-state index is 11.7. The molecule has 0 saturated carbocycles. The lowest BCUT2D eigenvalue weighted by molar-refractivity contribution is -0.0370. The van der Waals surface area contributed by atoms with Crippen molar-refractivity contribution in [3.63, 3.8) is 0 Å². The van der Waals surface area contributed by atoms with E-state index in [9.17, 15) is 8.42 Å². The molecule has 0 aliphatic carbocycles. The number of rotatable bonds is 4. The van der Waals surface area contributed by atoms with Crippen molar-refractivity contribution in [2.75, 3.05) is 50.9 Å². The average molecular weight is 497 g/mol. The van der Waals surface area contributed by atoms with E-state index in [0.29, 0.717) is 18.8 Å². The van der Waals surface area contributed by atoms with Gasteiger partial charge in [0.05, 0.1) is 18.1 Å². The van der Waals surface area contributed by atoms with Crippen LogP contribution in [-0.2, 0) is 14.6 Å². The Morgan fingerprint density at radius 1 is 1.38 bits per heavy atom. The zero-order chi connectivity index (χ0) is 17.8. The van der Waals surface area contributed by atoms with Gasteiger partial charge in [-0.2, -0.15) is 0 Å².